The molecule has 0 aliphatic carbocycles. The Kier molecular flexibility index (Phi) is 6.23. The van der Waals surface area contributed by atoms with Crippen LogP contribution in [0.1, 0.15) is 23.9 Å². The number of esters is 1. The Morgan fingerprint density at radius 1 is 1.00 bits per heavy atom. The van der Waals surface area contributed by atoms with Crippen molar-refractivity contribution in [2.75, 3.05) is 12.1 Å². The second-order valence-electron chi connectivity index (χ2n) is 7.91. The molecule has 1 aliphatic rings. The molecule has 1 aliphatic heterocycles. The van der Waals surface area contributed by atoms with E-state index in [-0.39, 0.29) is 5.57 Å². The number of anilines is 1. The van der Waals surface area contributed by atoms with Gasteiger partial charge in [0.05, 0.1) is 12.8 Å². The van der Waals surface area contributed by atoms with Gasteiger partial charge in [0.2, 0.25) is 0 Å². The zero-order valence-electron chi connectivity index (χ0n) is 19.4. The van der Waals surface area contributed by atoms with Gasteiger partial charge in [0, 0.05) is 17.1 Å². The average Bonchev–Trinajstić information content (AvgIpc) is 3.29. The van der Waals surface area contributed by atoms with Crippen LogP contribution < -0.4 is 15.2 Å². The van der Waals surface area contributed by atoms with Crippen LogP contribution in [0.25, 0.3) is 11.8 Å². The standard InChI is InChI=1S/C26H25N3O5/c1-16-14-19(15-23-24(30)27-29(25(23)31)21-8-6-5-7-9-21)17(2)28(16)20-10-12-22(13-11-20)34-18(3)26(32)33-4/h5-15,18H,1-4H3,(H,27,30)/b23-15-/t18-/m0/s1. The van der Waals surface area contributed by atoms with Gasteiger partial charge in [0.15, 0.2) is 6.10 Å². The molecule has 0 radical (unpaired) electrons. The average molecular weight is 460 g/mol. The van der Waals surface area contributed by atoms with Crippen LogP contribution >= 0.6 is 0 Å². The normalized spacial score (nSPS) is 15.4. The Hall–Kier alpha value is -4.33. The number of nitrogens with zero attached hydrogens (tertiary/aromatic N) is 2. The zero-order valence-corrected chi connectivity index (χ0v) is 19.4. The number of aromatic nitrogens is 1. The van der Waals surface area contributed by atoms with Gasteiger partial charge in [-0.15, -0.1) is 0 Å². The molecular formula is C26H25N3O5. The largest absolute Gasteiger partial charge is 0.479 e. The first-order valence-electron chi connectivity index (χ1n) is 10.8. The highest BCUT2D eigenvalue weighted by atomic mass is 16.6. The third-order valence-electron chi connectivity index (χ3n) is 5.62. The third kappa shape index (κ3) is 4.30. The van der Waals surface area contributed by atoms with Gasteiger partial charge < -0.3 is 14.0 Å². The van der Waals surface area contributed by atoms with E-state index in [1.165, 1.54) is 12.1 Å². The molecule has 4 rings (SSSR count). The molecule has 2 heterocycles. The highest BCUT2D eigenvalue weighted by molar-refractivity contribution is 6.31. The molecule has 8 nitrogen and oxygen atoms in total. The maximum atomic E-state index is 12.9. The lowest BCUT2D eigenvalue weighted by molar-refractivity contribution is -0.147. The van der Waals surface area contributed by atoms with Crippen molar-refractivity contribution in [2.45, 2.75) is 26.9 Å². The van der Waals surface area contributed by atoms with E-state index in [9.17, 15) is 14.4 Å². The maximum Gasteiger partial charge on any atom is 0.346 e. The summed E-state index contributed by atoms with van der Waals surface area (Å²) >= 11 is 0. The SMILES string of the molecule is COC(=O)[C@H](C)Oc1ccc(-n2c(C)cc(/C=C3/C(=O)NN(c4ccccc4)C3=O)c2C)cc1. The van der Waals surface area contributed by atoms with Crippen LogP contribution in [0.15, 0.2) is 66.2 Å². The molecule has 8 heteroatoms. The van der Waals surface area contributed by atoms with E-state index in [0.717, 1.165) is 22.6 Å². The number of ether oxygens (including phenoxy) is 2. The molecule has 1 atom stereocenters. The first-order chi connectivity index (χ1) is 16.3. The molecular weight excluding hydrogens is 434 g/mol. The van der Waals surface area contributed by atoms with Crippen LogP contribution in [-0.2, 0) is 19.1 Å². The zero-order chi connectivity index (χ0) is 24.4. The Labute approximate surface area is 197 Å². The van der Waals surface area contributed by atoms with E-state index in [1.807, 2.05) is 42.7 Å². The van der Waals surface area contributed by atoms with Gasteiger partial charge in [0.25, 0.3) is 11.8 Å². The molecule has 2 aromatic carbocycles. The smallest absolute Gasteiger partial charge is 0.346 e. The number of methoxy groups -OCH3 is 1. The van der Waals surface area contributed by atoms with Gasteiger partial charge in [-0.05, 0) is 74.9 Å². The predicted octanol–water partition coefficient (Wildman–Crippen LogP) is 3.50. The van der Waals surface area contributed by atoms with E-state index in [0.29, 0.717) is 11.4 Å². The molecule has 1 saturated heterocycles. The van der Waals surface area contributed by atoms with E-state index in [4.69, 9.17) is 4.74 Å². The summed E-state index contributed by atoms with van der Waals surface area (Å²) < 4.78 is 12.3. The van der Waals surface area contributed by atoms with Crippen molar-refractivity contribution < 1.29 is 23.9 Å². The number of amides is 2. The number of hydrazine groups is 1. The van der Waals surface area contributed by atoms with Crippen LogP contribution in [0.2, 0.25) is 0 Å². The van der Waals surface area contributed by atoms with E-state index in [2.05, 4.69) is 10.2 Å². The molecule has 0 unspecified atom stereocenters. The summed E-state index contributed by atoms with van der Waals surface area (Å²) in [4.78, 5) is 37.0. The molecule has 34 heavy (non-hydrogen) atoms. The lowest BCUT2D eigenvalue weighted by atomic mass is 10.1. The molecule has 2 amide bonds. The van der Waals surface area contributed by atoms with Crippen molar-refractivity contribution in [3.05, 3.63) is 83.2 Å². The number of rotatable bonds is 6. The highest BCUT2D eigenvalue weighted by Crippen LogP contribution is 2.27. The highest BCUT2D eigenvalue weighted by Gasteiger charge is 2.34. The molecule has 0 spiro atoms. The predicted molar refractivity (Wildman–Crippen MR) is 127 cm³/mol. The van der Waals surface area contributed by atoms with Gasteiger partial charge in [-0.1, -0.05) is 18.2 Å². The molecule has 3 aromatic rings. The van der Waals surface area contributed by atoms with Crippen LogP contribution in [0.3, 0.4) is 0 Å². The van der Waals surface area contributed by atoms with Crippen molar-refractivity contribution >= 4 is 29.5 Å². The number of hydrogen-bond donors (Lipinski definition) is 1. The number of carbonyl (C=O) groups is 3. The van der Waals surface area contributed by atoms with Gasteiger partial charge in [-0.2, -0.15) is 0 Å². The summed E-state index contributed by atoms with van der Waals surface area (Å²) in [5, 5.41) is 1.25. The summed E-state index contributed by atoms with van der Waals surface area (Å²) in [5.41, 5.74) is 6.75. The van der Waals surface area contributed by atoms with E-state index in [1.54, 1.807) is 49.4 Å². The van der Waals surface area contributed by atoms with Crippen molar-refractivity contribution in [3.8, 4) is 11.4 Å². The monoisotopic (exact) mass is 459 g/mol. The molecule has 1 fully saturated rings. The fourth-order valence-corrected chi connectivity index (χ4v) is 3.89. The number of aryl methyl sites for hydroxylation is 1. The van der Waals surface area contributed by atoms with Gasteiger partial charge in [-0.3, -0.25) is 15.0 Å². The lowest BCUT2D eigenvalue weighted by Crippen LogP contribution is -2.35. The Bertz CT molecular complexity index is 1280. The summed E-state index contributed by atoms with van der Waals surface area (Å²) in [6.07, 6.45) is 0.907. The van der Waals surface area contributed by atoms with Crippen LogP contribution in [0.4, 0.5) is 5.69 Å². The van der Waals surface area contributed by atoms with Crippen LogP contribution in [-0.4, -0.2) is 35.6 Å². The minimum absolute atomic E-state index is 0.0737. The molecule has 1 N–H and O–H groups in total. The first-order valence-corrected chi connectivity index (χ1v) is 10.8. The van der Waals surface area contributed by atoms with Crippen LogP contribution in [0, 0.1) is 13.8 Å². The number of para-hydroxylation sites is 1. The van der Waals surface area contributed by atoms with Gasteiger partial charge in [0.1, 0.15) is 11.3 Å². The minimum Gasteiger partial charge on any atom is -0.479 e. The van der Waals surface area contributed by atoms with E-state index < -0.39 is 23.9 Å². The number of benzene rings is 2. The van der Waals surface area contributed by atoms with Crippen LogP contribution in [0.5, 0.6) is 5.75 Å². The van der Waals surface area contributed by atoms with Crippen molar-refractivity contribution in [3.63, 3.8) is 0 Å². The summed E-state index contributed by atoms with van der Waals surface area (Å²) in [5.74, 6) is -0.752. The third-order valence-corrected chi connectivity index (χ3v) is 5.62. The van der Waals surface area contributed by atoms with Crippen molar-refractivity contribution in [1.82, 2.24) is 9.99 Å². The van der Waals surface area contributed by atoms with Gasteiger partial charge >= 0.3 is 5.97 Å². The lowest BCUT2D eigenvalue weighted by Gasteiger charge is -2.14. The summed E-state index contributed by atoms with van der Waals surface area (Å²) in [6.45, 7) is 5.50. The number of hydrogen-bond acceptors (Lipinski definition) is 5. The van der Waals surface area contributed by atoms with Gasteiger partial charge in [-0.25, -0.2) is 9.80 Å². The molecule has 1 aromatic heterocycles. The van der Waals surface area contributed by atoms with E-state index >= 15 is 0 Å². The fourth-order valence-electron chi connectivity index (χ4n) is 3.89. The molecule has 0 saturated carbocycles. The first kappa shape index (κ1) is 22.8. The Morgan fingerprint density at radius 3 is 2.32 bits per heavy atom. The molecule has 174 valence electrons. The van der Waals surface area contributed by atoms with Crippen molar-refractivity contribution in [2.24, 2.45) is 0 Å². The number of nitrogens with one attached hydrogen (secondary N) is 1. The minimum atomic E-state index is -0.713. The molecule has 0 bridgehead atoms. The Morgan fingerprint density at radius 2 is 1.68 bits per heavy atom. The topological polar surface area (TPSA) is 89.9 Å². The summed E-state index contributed by atoms with van der Waals surface area (Å²) in [6, 6.07) is 18.2. The quantitative estimate of drug-likeness (QED) is 0.346. The Balaban J connectivity index is 1.59. The second kappa shape index (κ2) is 9.27. The summed E-state index contributed by atoms with van der Waals surface area (Å²) in [7, 11) is 1.32. The van der Waals surface area contributed by atoms with Crippen molar-refractivity contribution in [1.29, 1.82) is 0 Å². The fraction of sp³-hybridized carbons (Fsp3) is 0.192. The maximum absolute atomic E-state index is 12.9. The second-order valence-corrected chi connectivity index (χ2v) is 7.91. The number of carbonyl (C=O) groups excluding carboxylic acids is 3.